The lowest BCUT2D eigenvalue weighted by atomic mass is 10.0. The number of nitrogens with zero attached hydrogens (tertiary/aromatic N) is 2. The molecule has 186 valence electrons. The Morgan fingerprint density at radius 2 is 1.89 bits per heavy atom. The predicted molar refractivity (Wildman–Crippen MR) is 146 cm³/mol. The van der Waals surface area contributed by atoms with Gasteiger partial charge in [0, 0.05) is 4.88 Å². The summed E-state index contributed by atoms with van der Waals surface area (Å²) in [6.45, 7) is 6.01. The van der Waals surface area contributed by atoms with Crippen molar-refractivity contribution in [2.45, 2.75) is 19.6 Å². The van der Waals surface area contributed by atoms with Gasteiger partial charge in [0.15, 0.2) is 4.80 Å². The number of carbonyl (C=O) groups is 1. The maximum atomic E-state index is 13.7. The van der Waals surface area contributed by atoms with Crippen molar-refractivity contribution in [3.63, 3.8) is 0 Å². The van der Waals surface area contributed by atoms with Crippen molar-refractivity contribution in [1.82, 2.24) is 4.57 Å². The van der Waals surface area contributed by atoms with Crippen LogP contribution < -0.4 is 19.6 Å². The van der Waals surface area contributed by atoms with E-state index in [0.29, 0.717) is 27.2 Å². The highest BCUT2D eigenvalue weighted by atomic mass is 32.1. The highest BCUT2D eigenvalue weighted by Crippen LogP contribution is 2.33. The van der Waals surface area contributed by atoms with Crippen LogP contribution in [-0.2, 0) is 16.1 Å². The van der Waals surface area contributed by atoms with Gasteiger partial charge >= 0.3 is 5.97 Å². The number of esters is 1. The molecule has 2 aromatic heterocycles. The second kappa shape index (κ2) is 10.9. The maximum absolute atomic E-state index is 13.7. The minimum Gasteiger partial charge on any atom is -0.490 e. The number of ether oxygens (including phenoxy) is 2. The average molecular weight is 529 g/mol. The molecule has 0 radical (unpaired) electrons. The van der Waals surface area contributed by atoms with Crippen LogP contribution in [0.2, 0.25) is 0 Å². The summed E-state index contributed by atoms with van der Waals surface area (Å²) >= 11 is 2.80. The second-order valence-electron chi connectivity index (χ2n) is 8.33. The maximum Gasteiger partial charge on any atom is 0.338 e. The van der Waals surface area contributed by atoms with E-state index in [-0.39, 0.29) is 12.2 Å². The Labute approximate surface area is 221 Å². The third-order valence-electron chi connectivity index (χ3n) is 5.81. The fraction of sp³-hybridized carbons (Fsp3) is 0.138. The van der Waals surface area contributed by atoms with E-state index < -0.39 is 12.0 Å². The molecule has 0 unspecified atom stereocenters. The quantitative estimate of drug-likeness (QED) is 0.248. The number of aromatic nitrogens is 1. The number of carbonyl (C=O) groups excluding carboxylic acids is 1. The van der Waals surface area contributed by atoms with Gasteiger partial charge in [0.2, 0.25) is 0 Å². The minimum absolute atomic E-state index is 0.143. The average Bonchev–Trinajstić information content (AvgIpc) is 3.55. The standard InChI is InChI=1S/C29H24N2O4S2/c1-3-15-34-22-13-11-20(12-14-22)17-24-27(32)31-26(23-10-7-16-36-23)25(19(2)30-29(31)37-24)28(33)35-18-21-8-5-4-6-9-21/h3-14,16-17,26H,1,15,18H2,2H3/b24-17+/t26-/m0/s1. The zero-order chi connectivity index (χ0) is 25.8. The van der Waals surface area contributed by atoms with Crippen molar-refractivity contribution >= 4 is 34.7 Å². The highest BCUT2D eigenvalue weighted by Gasteiger charge is 2.34. The van der Waals surface area contributed by atoms with Crippen LogP contribution in [0.1, 0.15) is 29.0 Å². The first-order valence-electron chi connectivity index (χ1n) is 11.7. The van der Waals surface area contributed by atoms with Gasteiger partial charge in [-0.3, -0.25) is 9.36 Å². The molecule has 0 N–H and O–H groups in total. The molecule has 0 fully saturated rings. The molecule has 1 atom stereocenters. The molecule has 37 heavy (non-hydrogen) atoms. The fourth-order valence-electron chi connectivity index (χ4n) is 4.07. The van der Waals surface area contributed by atoms with Crippen LogP contribution >= 0.6 is 22.7 Å². The highest BCUT2D eigenvalue weighted by molar-refractivity contribution is 7.10. The van der Waals surface area contributed by atoms with Crippen molar-refractivity contribution in [2.75, 3.05) is 6.61 Å². The first-order chi connectivity index (χ1) is 18.0. The molecular formula is C29H24N2O4S2. The number of hydrogen-bond donors (Lipinski definition) is 0. The summed E-state index contributed by atoms with van der Waals surface area (Å²) in [6.07, 6.45) is 3.52. The molecule has 1 aliphatic rings. The van der Waals surface area contributed by atoms with Crippen LogP contribution in [-0.4, -0.2) is 17.1 Å². The van der Waals surface area contributed by atoms with Gasteiger partial charge in [0.1, 0.15) is 25.0 Å². The summed E-state index contributed by atoms with van der Waals surface area (Å²) < 4.78 is 13.4. The van der Waals surface area contributed by atoms with E-state index in [2.05, 4.69) is 11.6 Å². The third-order valence-corrected chi connectivity index (χ3v) is 7.72. The first kappa shape index (κ1) is 24.7. The van der Waals surface area contributed by atoms with E-state index in [1.54, 1.807) is 17.6 Å². The number of thiophene rings is 1. The molecule has 0 saturated heterocycles. The van der Waals surface area contributed by atoms with E-state index in [1.165, 1.54) is 22.7 Å². The molecule has 6 nitrogen and oxygen atoms in total. The van der Waals surface area contributed by atoms with Gasteiger partial charge in [-0.2, -0.15) is 0 Å². The molecule has 0 saturated carbocycles. The molecular weight excluding hydrogens is 504 g/mol. The predicted octanol–water partition coefficient (Wildman–Crippen LogP) is 4.60. The molecule has 3 heterocycles. The Bertz CT molecular complexity index is 1630. The summed E-state index contributed by atoms with van der Waals surface area (Å²) in [5, 5.41) is 1.93. The summed E-state index contributed by atoms with van der Waals surface area (Å²) in [7, 11) is 0. The molecule has 1 aliphatic heterocycles. The summed E-state index contributed by atoms with van der Waals surface area (Å²) in [5.41, 5.74) is 2.48. The van der Waals surface area contributed by atoms with E-state index in [4.69, 9.17) is 9.47 Å². The normalized spacial score (nSPS) is 15.2. The topological polar surface area (TPSA) is 69.9 Å². The Kier molecular flexibility index (Phi) is 7.30. The Morgan fingerprint density at radius 3 is 2.59 bits per heavy atom. The smallest absolute Gasteiger partial charge is 0.338 e. The molecule has 0 amide bonds. The summed E-state index contributed by atoms with van der Waals surface area (Å²) in [4.78, 5) is 33.1. The van der Waals surface area contributed by atoms with Crippen molar-refractivity contribution < 1.29 is 14.3 Å². The van der Waals surface area contributed by atoms with Gasteiger partial charge in [0.05, 0.1) is 15.8 Å². The molecule has 4 aromatic rings. The number of allylic oxidation sites excluding steroid dienone is 1. The molecule has 0 spiro atoms. The van der Waals surface area contributed by atoms with Crippen molar-refractivity contribution in [1.29, 1.82) is 0 Å². The van der Waals surface area contributed by atoms with Crippen LogP contribution in [0.4, 0.5) is 0 Å². The zero-order valence-electron chi connectivity index (χ0n) is 20.1. The number of thiazole rings is 1. The monoisotopic (exact) mass is 528 g/mol. The van der Waals surface area contributed by atoms with Gasteiger partial charge in [0.25, 0.3) is 5.56 Å². The molecule has 0 bridgehead atoms. The molecule has 0 aliphatic carbocycles. The lowest BCUT2D eigenvalue weighted by molar-refractivity contribution is -0.140. The fourth-order valence-corrected chi connectivity index (χ4v) is 5.94. The van der Waals surface area contributed by atoms with Crippen LogP contribution in [0.3, 0.4) is 0 Å². The van der Waals surface area contributed by atoms with Crippen LogP contribution in [0, 0.1) is 0 Å². The molecule has 5 rings (SSSR count). The van der Waals surface area contributed by atoms with Crippen molar-refractivity contribution in [2.24, 2.45) is 4.99 Å². The lowest BCUT2D eigenvalue weighted by Crippen LogP contribution is -2.39. The largest absolute Gasteiger partial charge is 0.490 e. The number of fused-ring (bicyclic) bond motifs is 1. The minimum atomic E-state index is -0.601. The van der Waals surface area contributed by atoms with Crippen LogP contribution in [0.5, 0.6) is 5.75 Å². The zero-order valence-corrected chi connectivity index (χ0v) is 21.8. The van der Waals surface area contributed by atoms with Crippen molar-refractivity contribution in [3.05, 3.63) is 132 Å². The van der Waals surface area contributed by atoms with Gasteiger partial charge < -0.3 is 9.47 Å². The van der Waals surface area contributed by atoms with E-state index in [1.807, 2.05) is 78.2 Å². The molecule has 2 aromatic carbocycles. The van der Waals surface area contributed by atoms with E-state index >= 15 is 0 Å². The second-order valence-corrected chi connectivity index (χ2v) is 10.3. The van der Waals surface area contributed by atoms with Gasteiger partial charge in [-0.25, -0.2) is 9.79 Å². The van der Waals surface area contributed by atoms with E-state index in [9.17, 15) is 9.59 Å². The Hall–Kier alpha value is -4.01. The van der Waals surface area contributed by atoms with Crippen LogP contribution in [0.15, 0.2) is 106 Å². The SMILES string of the molecule is C=CCOc1ccc(/C=c2/sc3n(c2=O)[C@@H](c2cccs2)C(C(=O)OCc2ccccc2)=C(C)N=3)cc1. The number of rotatable bonds is 8. The Morgan fingerprint density at radius 1 is 1.11 bits per heavy atom. The van der Waals surface area contributed by atoms with E-state index in [0.717, 1.165) is 21.8 Å². The number of hydrogen-bond acceptors (Lipinski definition) is 7. The number of benzene rings is 2. The van der Waals surface area contributed by atoms with Gasteiger partial charge in [-0.05, 0) is 47.7 Å². The molecule has 8 heteroatoms. The summed E-state index contributed by atoms with van der Waals surface area (Å²) in [5.74, 6) is 0.249. The van der Waals surface area contributed by atoms with Gasteiger partial charge in [-0.15, -0.1) is 11.3 Å². The van der Waals surface area contributed by atoms with Crippen molar-refractivity contribution in [3.8, 4) is 5.75 Å². The first-order valence-corrected chi connectivity index (χ1v) is 13.4. The van der Waals surface area contributed by atoms with Gasteiger partial charge in [-0.1, -0.05) is 72.5 Å². The van der Waals surface area contributed by atoms with Crippen LogP contribution in [0.25, 0.3) is 6.08 Å². The summed E-state index contributed by atoms with van der Waals surface area (Å²) in [6, 6.07) is 20.2. The third kappa shape index (κ3) is 5.26. The lowest BCUT2D eigenvalue weighted by Gasteiger charge is -2.23. The Balaban J connectivity index is 1.52.